The molecule has 0 aliphatic carbocycles. The average Bonchev–Trinajstić information content (AvgIpc) is 2.05. The lowest BCUT2D eigenvalue weighted by Crippen LogP contribution is -2.11. The topological polar surface area (TPSA) is 86.0 Å². The Bertz CT molecular complexity index is 195. The predicted molar refractivity (Wildman–Crippen MR) is 34.2 cm³/mol. The first-order chi connectivity index (χ1) is 4.86. The van der Waals surface area contributed by atoms with Crippen molar-refractivity contribution in [1.29, 1.82) is 0 Å². The summed E-state index contributed by atoms with van der Waals surface area (Å²) in [7, 11) is 1.47. The van der Waals surface area contributed by atoms with Gasteiger partial charge in [-0.25, -0.2) is 10.8 Å². The molecule has 0 aromatic carbocycles. The molecule has 0 bridgehead atoms. The lowest BCUT2D eigenvalue weighted by molar-refractivity contribution is 0.378. The number of hydrazine groups is 1. The molecule has 0 aliphatic rings. The third-order valence-corrected chi connectivity index (χ3v) is 0.861. The molecule has 1 rings (SSSR count). The lowest BCUT2D eigenvalue weighted by Gasteiger charge is -1.97. The zero-order valence-corrected chi connectivity index (χ0v) is 5.40. The van der Waals surface area contributed by atoms with Crippen molar-refractivity contribution < 1.29 is 4.74 Å². The molecule has 0 saturated carbocycles. The molecule has 0 unspecified atom stereocenters. The minimum atomic E-state index is 0.239. The van der Waals surface area contributed by atoms with Crippen LogP contribution in [0.25, 0.3) is 0 Å². The summed E-state index contributed by atoms with van der Waals surface area (Å²) < 4.78 is 4.70. The number of hydrogen-bond donors (Lipinski definition) is 2. The van der Waals surface area contributed by atoms with Crippen LogP contribution in [0, 0.1) is 0 Å². The first-order valence-electron chi connectivity index (χ1n) is 2.56. The average molecular weight is 141 g/mol. The second-order valence-electron chi connectivity index (χ2n) is 1.44. The molecule has 6 nitrogen and oxygen atoms in total. The van der Waals surface area contributed by atoms with Gasteiger partial charge in [0.25, 0.3) is 0 Å². The number of rotatable bonds is 2. The fourth-order valence-corrected chi connectivity index (χ4v) is 0.449. The summed E-state index contributed by atoms with van der Waals surface area (Å²) in [5, 5.41) is 0. The van der Waals surface area contributed by atoms with Crippen LogP contribution in [0.15, 0.2) is 6.33 Å². The predicted octanol–water partition coefficient (Wildman–Crippen LogP) is -0.834. The normalized spacial score (nSPS) is 9.00. The highest BCUT2D eigenvalue weighted by Crippen LogP contribution is 2.00. The van der Waals surface area contributed by atoms with Crippen molar-refractivity contribution in [2.75, 3.05) is 12.5 Å². The molecule has 0 aliphatic heterocycles. The number of nitrogens with zero attached hydrogens (tertiary/aromatic N) is 3. The Hall–Kier alpha value is -1.43. The highest BCUT2D eigenvalue weighted by molar-refractivity contribution is 5.20. The Balaban J connectivity index is 2.87. The summed E-state index contributed by atoms with van der Waals surface area (Å²) in [5.41, 5.74) is 2.26. The Morgan fingerprint density at radius 3 is 3.00 bits per heavy atom. The third-order valence-electron chi connectivity index (χ3n) is 0.861. The van der Waals surface area contributed by atoms with E-state index in [4.69, 9.17) is 10.6 Å². The van der Waals surface area contributed by atoms with Gasteiger partial charge in [-0.05, 0) is 0 Å². The van der Waals surface area contributed by atoms with Crippen molar-refractivity contribution in [1.82, 2.24) is 15.0 Å². The molecule has 0 spiro atoms. The number of ether oxygens (including phenoxy) is 1. The van der Waals surface area contributed by atoms with Gasteiger partial charge in [0.2, 0.25) is 5.95 Å². The number of nitrogens with two attached hydrogens (primary N) is 1. The SMILES string of the molecule is COc1ncnc(NN)n1. The van der Waals surface area contributed by atoms with Crippen molar-refractivity contribution >= 4 is 5.95 Å². The lowest BCUT2D eigenvalue weighted by atomic mass is 10.9. The van der Waals surface area contributed by atoms with E-state index in [-0.39, 0.29) is 12.0 Å². The van der Waals surface area contributed by atoms with Crippen molar-refractivity contribution in [2.45, 2.75) is 0 Å². The molecule has 54 valence electrons. The monoisotopic (exact) mass is 141 g/mol. The van der Waals surface area contributed by atoms with Gasteiger partial charge in [0.15, 0.2) is 0 Å². The van der Waals surface area contributed by atoms with E-state index in [1.807, 2.05) is 0 Å². The van der Waals surface area contributed by atoms with Crippen LogP contribution in [0.1, 0.15) is 0 Å². The molecule has 3 N–H and O–H groups in total. The fraction of sp³-hybridized carbons (Fsp3) is 0.250. The first kappa shape index (κ1) is 6.69. The maximum atomic E-state index is 5.02. The number of aromatic nitrogens is 3. The Kier molecular flexibility index (Phi) is 1.96. The molecule has 6 heteroatoms. The zero-order chi connectivity index (χ0) is 7.40. The van der Waals surface area contributed by atoms with Crippen molar-refractivity contribution in [3.63, 3.8) is 0 Å². The van der Waals surface area contributed by atoms with Gasteiger partial charge in [-0.3, -0.25) is 5.43 Å². The van der Waals surface area contributed by atoms with Gasteiger partial charge in [0, 0.05) is 0 Å². The molecular weight excluding hydrogens is 134 g/mol. The molecule has 1 aromatic heterocycles. The maximum absolute atomic E-state index is 5.02. The molecular formula is C4H7N5O. The Labute approximate surface area is 57.4 Å². The minimum absolute atomic E-state index is 0.239. The van der Waals surface area contributed by atoms with Gasteiger partial charge in [-0.15, -0.1) is 0 Å². The maximum Gasteiger partial charge on any atom is 0.320 e. The smallest absolute Gasteiger partial charge is 0.320 e. The summed E-state index contributed by atoms with van der Waals surface area (Å²) in [6.07, 6.45) is 1.31. The zero-order valence-electron chi connectivity index (χ0n) is 5.40. The van der Waals surface area contributed by atoms with Gasteiger partial charge in [0.1, 0.15) is 6.33 Å². The number of nitrogen functional groups attached to an aromatic ring is 1. The van der Waals surface area contributed by atoms with Gasteiger partial charge in [0.05, 0.1) is 7.11 Å². The molecule has 0 fully saturated rings. The van der Waals surface area contributed by atoms with E-state index in [9.17, 15) is 0 Å². The second-order valence-corrected chi connectivity index (χ2v) is 1.44. The summed E-state index contributed by atoms with van der Waals surface area (Å²) in [5.74, 6) is 5.30. The van der Waals surface area contributed by atoms with E-state index in [0.717, 1.165) is 0 Å². The van der Waals surface area contributed by atoms with Gasteiger partial charge in [-0.1, -0.05) is 0 Å². The summed E-state index contributed by atoms with van der Waals surface area (Å²) in [4.78, 5) is 11.1. The standard InChI is InChI=1S/C4H7N5O/c1-10-4-7-2-6-3(8-4)9-5/h2H,5H2,1H3,(H,6,7,8,9). The van der Waals surface area contributed by atoms with E-state index in [1.54, 1.807) is 0 Å². The van der Waals surface area contributed by atoms with Crippen LogP contribution in [0.2, 0.25) is 0 Å². The molecule has 10 heavy (non-hydrogen) atoms. The van der Waals surface area contributed by atoms with E-state index >= 15 is 0 Å². The van der Waals surface area contributed by atoms with E-state index < -0.39 is 0 Å². The van der Waals surface area contributed by atoms with E-state index in [0.29, 0.717) is 0 Å². The van der Waals surface area contributed by atoms with Crippen molar-refractivity contribution in [3.05, 3.63) is 6.33 Å². The fourth-order valence-electron chi connectivity index (χ4n) is 0.449. The quantitative estimate of drug-likeness (QED) is 0.413. The van der Waals surface area contributed by atoms with Crippen LogP contribution in [0.3, 0.4) is 0 Å². The molecule has 0 amide bonds. The van der Waals surface area contributed by atoms with Crippen molar-refractivity contribution in [2.24, 2.45) is 5.84 Å². The number of methoxy groups -OCH3 is 1. The van der Waals surface area contributed by atoms with Crippen LogP contribution in [0.5, 0.6) is 6.01 Å². The van der Waals surface area contributed by atoms with Gasteiger partial charge >= 0.3 is 6.01 Å². The van der Waals surface area contributed by atoms with Crippen LogP contribution in [0.4, 0.5) is 5.95 Å². The number of hydrogen-bond acceptors (Lipinski definition) is 6. The highest BCUT2D eigenvalue weighted by atomic mass is 16.5. The third kappa shape index (κ3) is 1.29. The second kappa shape index (κ2) is 2.92. The van der Waals surface area contributed by atoms with Crippen molar-refractivity contribution in [3.8, 4) is 6.01 Å². The molecule has 0 radical (unpaired) electrons. The summed E-state index contributed by atoms with van der Waals surface area (Å²) in [6.45, 7) is 0. The van der Waals surface area contributed by atoms with Gasteiger partial charge in [-0.2, -0.15) is 9.97 Å². The van der Waals surface area contributed by atoms with Crippen LogP contribution in [-0.4, -0.2) is 22.1 Å². The molecule has 0 saturated heterocycles. The summed E-state index contributed by atoms with van der Waals surface area (Å²) >= 11 is 0. The largest absolute Gasteiger partial charge is 0.467 e. The van der Waals surface area contributed by atoms with Crippen LogP contribution >= 0.6 is 0 Å². The number of nitrogens with one attached hydrogen (secondary N) is 1. The molecule has 1 heterocycles. The Morgan fingerprint density at radius 1 is 1.60 bits per heavy atom. The highest BCUT2D eigenvalue weighted by Gasteiger charge is 1.95. The molecule has 1 aromatic rings. The first-order valence-corrected chi connectivity index (χ1v) is 2.56. The Morgan fingerprint density at radius 2 is 2.40 bits per heavy atom. The van der Waals surface area contributed by atoms with E-state index in [1.165, 1.54) is 13.4 Å². The number of anilines is 1. The summed E-state index contributed by atoms with van der Waals surface area (Å²) in [6, 6.07) is 0.239. The van der Waals surface area contributed by atoms with E-state index in [2.05, 4.69) is 20.4 Å². The molecule has 0 atom stereocenters. The van der Waals surface area contributed by atoms with Crippen LogP contribution < -0.4 is 16.0 Å². The van der Waals surface area contributed by atoms with Crippen LogP contribution in [-0.2, 0) is 0 Å². The van der Waals surface area contributed by atoms with Gasteiger partial charge < -0.3 is 4.74 Å². The minimum Gasteiger partial charge on any atom is -0.467 e.